The van der Waals surface area contributed by atoms with E-state index >= 15 is 0 Å². The van der Waals surface area contributed by atoms with Crippen molar-refractivity contribution >= 4 is 7.82 Å². The summed E-state index contributed by atoms with van der Waals surface area (Å²) < 4.78 is 16.7. The average Bonchev–Trinajstić information content (AvgIpc) is 2.84. The van der Waals surface area contributed by atoms with Crippen LogP contribution in [0.15, 0.2) is 0 Å². The highest BCUT2D eigenvalue weighted by atomic mass is 31.2. The number of nitrogens with one attached hydrogen (secondary N) is 1. The molecule has 0 aliphatic carbocycles. The molecule has 212 valence electrons. The van der Waals surface area contributed by atoms with Crippen LogP contribution in [-0.4, -0.2) is 54.7 Å². The number of unbranched alkanes of at least 4 members (excludes halogenated alkanes) is 15. The van der Waals surface area contributed by atoms with E-state index < -0.39 is 7.82 Å². The molecule has 0 saturated heterocycles. The van der Waals surface area contributed by atoms with Crippen LogP contribution >= 0.6 is 7.82 Å². The fourth-order valence-corrected chi connectivity index (χ4v) is 5.69. The van der Waals surface area contributed by atoms with Gasteiger partial charge in [-0.3, -0.25) is 4.57 Å². The van der Waals surface area contributed by atoms with Crippen molar-refractivity contribution in [2.24, 2.45) is 0 Å². The van der Waals surface area contributed by atoms with Crippen LogP contribution in [0.25, 0.3) is 0 Å². The molecule has 0 heterocycles. The molecular weight excluding hydrogens is 459 g/mol. The van der Waals surface area contributed by atoms with E-state index in [1.165, 1.54) is 103 Å². The van der Waals surface area contributed by atoms with Gasteiger partial charge in [0.15, 0.2) is 0 Å². The number of hydrogen-bond acceptors (Lipinski definition) is 4. The maximum Gasteiger partial charge on any atom is 0.265 e. The van der Waals surface area contributed by atoms with Crippen molar-refractivity contribution in [1.82, 2.24) is 5.32 Å². The van der Waals surface area contributed by atoms with Crippen LogP contribution in [-0.2, 0) is 9.09 Å². The second-order valence-electron chi connectivity index (χ2n) is 10.4. The first-order valence-electron chi connectivity index (χ1n) is 15.1. The van der Waals surface area contributed by atoms with Gasteiger partial charge in [0.25, 0.3) is 7.82 Å². The van der Waals surface area contributed by atoms with Gasteiger partial charge in [-0.1, -0.05) is 103 Å². The largest absolute Gasteiger partial charge is 0.756 e. The van der Waals surface area contributed by atoms with Crippen molar-refractivity contribution < 1.29 is 23.4 Å². The van der Waals surface area contributed by atoms with Crippen molar-refractivity contribution in [3.05, 3.63) is 0 Å². The molecule has 0 aliphatic rings. The maximum absolute atomic E-state index is 11.1. The number of quaternary nitrogens is 1. The zero-order valence-electron chi connectivity index (χ0n) is 23.9. The van der Waals surface area contributed by atoms with Crippen molar-refractivity contribution in [3.8, 4) is 0 Å². The molecule has 0 aromatic heterocycles. The zero-order chi connectivity index (χ0) is 26.3. The van der Waals surface area contributed by atoms with Gasteiger partial charge in [0.1, 0.15) is 12.6 Å². The van der Waals surface area contributed by atoms with Gasteiger partial charge in [-0.2, -0.15) is 0 Å². The first kappa shape index (κ1) is 35.0. The lowest BCUT2D eigenvalue weighted by Crippen LogP contribution is -2.57. The Hall–Kier alpha value is 0.0300. The van der Waals surface area contributed by atoms with E-state index in [1.54, 1.807) is 0 Å². The van der Waals surface area contributed by atoms with E-state index in [0.717, 1.165) is 43.6 Å². The Bertz CT molecular complexity index is 489. The molecule has 2 N–H and O–H groups in total. The van der Waals surface area contributed by atoms with Gasteiger partial charge < -0.3 is 24.1 Å². The highest BCUT2D eigenvalue weighted by Crippen LogP contribution is 2.32. The minimum atomic E-state index is -4.68. The van der Waals surface area contributed by atoms with Crippen LogP contribution in [0.3, 0.4) is 0 Å². The van der Waals surface area contributed by atoms with E-state index in [2.05, 4.69) is 33.0 Å². The summed E-state index contributed by atoms with van der Waals surface area (Å²) in [5.74, 6) is 0. The summed E-state index contributed by atoms with van der Waals surface area (Å²) in [5, 5.41) is 3.53. The van der Waals surface area contributed by atoms with E-state index in [1.807, 2.05) is 0 Å². The van der Waals surface area contributed by atoms with Crippen LogP contribution in [0, 0.1) is 0 Å². The molecule has 0 bridgehead atoms. The summed E-state index contributed by atoms with van der Waals surface area (Å²) in [6, 6.07) is 0.0581. The van der Waals surface area contributed by atoms with Crippen molar-refractivity contribution in [2.75, 3.05) is 39.3 Å². The molecule has 0 radical (unpaired) electrons. The Morgan fingerprint density at radius 2 is 1.11 bits per heavy atom. The summed E-state index contributed by atoms with van der Waals surface area (Å²) in [6.07, 6.45) is 23.0. The third-order valence-corrected chi connectivity index (χ3v) is 8.43. The van der Waals surface area contributed by atoms with Crippen molar-refractivity contribution in [3.63, 3.8) is 0 Å². The Kier molecular flexibility index (Phi) is 23.2. The van der Waals surface area contributed by atoms with Gasteiger partial charge in [0.05, 0.1) is 19.6 Å². The van der Waals surface area contributed by atoms with Gasteiger partial charge in [-0.25, -0.2) is 0 Å². The zero-order valence-corrected chi connectivity index (χ0v) is 24.8. The number of hydrogen-bond donors (Lipinski definition) is 2. The second-order valence-corrected chi connectivity index (χ2v) is 11.6. The first-order valence-corrected chi connectivity index (χ1v) is 16.6. The number of phosphoric acid groups is 1. The quantitative estimate of drug-likeness (QED) is 0.0696. The van der Waals surface area contributed by atoms with Crippen molar-refractivity contribution in [1.29, 1.82) is 0 Å². The Balaban J connectivity index is 3.71. The van der Waals surface area contributed by atoms with Crippen LogP contribution < -0.4 is 10.2 Å². The summed E-state index contributed by atoms with van der Waals surface area (Å²) in [7, 11) is -4.68. The van der Waals surface area contributed by atoms with Crippen LogP contribution in [0.2, 0.25) is 0 Å². The van der Waals surface area contributed by atoms with E-state index in [0.29, 0.717) is 0 Å². The number of likely N-dealkylation sites (N-methyl/N-ethyl adjacent to an activating group) is 1. The van der Waals surface area contributed by atoms with E-state index in [4.69, 9.17) is 9.42 Å². The molecule has 0 spiro atoms. The molecule has 0 aliphatic heterocycles. The molecule has 0 fully saturated rings. The number of rotatable bonds is 27. The molecule has 0 amide bonds. The fourth-order valence-electron chi connectivity index (χ4n) is 5.33. The molecule has 7 heteroatoms. The lowest BCUT2D eigenvalue weighted by atomic mass is 10.0. The number of phosphoric ester groups is 1. The summed E-state index contributed by atoms with van der Waals surface area (Å²) in [6.45, 7) is 13.4. The Morgan fingerprint density at radius 3 is 1.49 bits per heavy atom. The topological polar surface area (TPSA) is 81.6 Å². The lowest BCUT2D eigenvalue weighted by Gasteiger charge is -2.43. The highest BCUT2D eigenvalue weighted by molar-refractivity contribution is 7.44. The summed E-state index contributed by atoms with van der Waals surface area (Å²) in [5.41, 5.74) is 0. The van der Waals surface area contributed by atoms with Gasteiger partial charge in [-0.05, 0) is 33.7 Å². The van der Waals surface area contributed by atoms with Crippen LogP contribution in [0.4, 0.5) is 0 Å². The van der Waals surface area contributed by atoms with Gasteiger partial charge in [0, 0.05) is 13.0 Å². The molecule has 35 heavy (non-hydrogen) atoms. The van der Waals surface area contributed by atoms with Gasteiger partial charge >= 0.3 is 0 Å². The molecule has 0 rings (SSSR count). The Labute approximate surface area is 218 Å². The van der Waals surface area contributed by atoms with E-state index in [-0.39, 0.29) is 12.6 Å². The molecule has 0 aromatic rings. The SMILES string of the molecule is CCCCCCCCCCCCCCCCCCNCCC(COP(=O)([O-])O)[N+](CC)(CC)CC. The standard InChI is InChI=1S/C28H61N2O4P/c1-5-9-10-11-12-13-14-15-16-17-18-19-20-21-22-23-25-29-26-24-28(27-34-35(31,32)33)30(6-2,7-3)8-4/h28-29H,5-27H2,1-4H3,(H-,31,32,33). The monoisotopic (exact) mass is 520 g/mol. The third kappa shape index (κ3) is 19.8. The van der Waals surface area contributed by atoms with Gasteiger partial charge in [0.2, 0.25) is 0 Å². The smallest absolute Gasteiger partial charge is 0.265 e. The second kappa shape index (κ2) is 23.2. The van der Waals surface area contributed by atoms with Crippen LogP contribution in [0.5, 0.6) is 0 Å². The van der Waals surface area contributed by atoms with Gasteiger partial charge in [-0.15, -0.1) is 0 Å². The van der Waals surface area contributed by atoms with Crippen molar-refractivity contribution in [2.45, 2.75) is 143 Å². The molecular formula is C28H61N2O4P. The first-order chi connectivity index (χ1) is 16.8. The molecule has 2 atom stereocenters. The summed E-state index contributed by atoms with van der Waals surface area (Å²) in [4.78, 5) is 20.2. The minimum absolute atomic E-state index is 0.0491. The predicted molar refractivity (Wildman–Crippen MR) is 148 cm³/mol. The minimum Gasteiger partial charge on any atom is -0.756 e. The molecule has 0 saturated carbocycles. The van der Waals surface area contributed by atoms with E-state index in [9.17, 15) is 9.46 Å². The average molecular weight is 521 g/mol. The maximum atomic E-state index is 11.1. The fraction of sp³-hybridized carbons (Fsp3) is 1.00. The molecule has 6 nitrogen and oxygen atoms in total. The number of nitrogens with zero attached hydrogens (tertiary/aromatic N) is 1. The van der Waals surface area contributed by atoms with Crippen LogP contribution in [0.1, 0.15) is 137 Å². The highest BCUT2D eigenvalue weighted by Gasteiger charge is 2.33. The normalized spacial score (nSPS) is 14.8. The summed E-state index contributed by atoms with van der Waals surface area (Å²) >= 11 is 0. The molecule has 2 unspecified atom stereocenters. The third-order valence-electron chi connectivity index (χ3n) is 7.96. The predicted octanol–water partition coefficient (Wildman–Crippen LogP) is 6.95. The lowest BCUT2D eigenvalue weighted by molar-refractivity contribution is -0.947. The Morgan fingerprint density at radius 1 is 0.714 bits per heavy atom. The molecule has 0 aromatic carbocycles.